The minimum atomic E-state index is -0.200. The third kappa shape index (κ3) is 1.87. The molecule has 1 nitrogen and oxygen atoms in total. The molecule has 1 aliphatic rings. The minimum absolute atomic E-state index is 0.200. The van der Waals surface area contributed by atoms with E-state index in [1.54, 1.807) is 0 Å². The zero-order chi connectivity index (χ0) is 12.4. The Kier molecular flexibility index (Phi) is 2.77. The van der Waals surface area contributed by atoms with Gasteiger partial charge in [-0.1, -0.05) is 60.7 Å². The largest absolute Gasteiger partial charge is 0.359 e. The van der Waals surface area contributed by atoms with Crippen LogP contribution in [-0.2, 0) is 16.8 Å². The summed E-state index contributed by atoms with van der Waals surface area (Å²) in [5.74, 6) is 0. The maximum absolute atomic E-state index is 5.75. The lowest BCUT2D eigenvalue weighted by Crippen LogP contribution is -2.10. The molecule has 0 aromatic heterocycles. The van der Waals surface area contributed by atoms with Gasteiger partial charge in [-0.3, -0.25) is 0 Å². The number of ether oxygens (including phenoxy) is 1. The Balaban J connectivity index is 1.93. The molecule has 0 radical (unpaired) electrons. The van der Waals surface area contributed by atoms with Crippen LogP contribution in [0.3, 0.4) is 0 Å². The van der Waals surface area contributed by atoms with Gasteiger partial charge >= 0.3 is 0 Å². The molecule has 90 valence electrons. The van der Waals surface area contributed by atoms with Gasteiger partial charge in [0, 0.05) is 0 Å². The maximum atomic E-state index is 5.75. The lowest BCUT2D eigenvalue weighted by atomic mass is 9.91. The Morgan fingerprint density at radius 2 is 1.61 bits per heavy atom. The predicted molar refractivity (Wildman–Crippen MR) is 73.5 cm³/mol. The van der Waals surface area contributed by atoms with Gasteiger partial charge in [0.1, 0.15) is 5.60 Å². The Hall–Kier alpha value is -1.86. The summed E-state index contributed by atoms with van der Waals surface area (Å²) in [6, 6.07) is 19.1. The monoisotopic (exact) mass is 236 g/mol. The van der Waals surface area contributed by atoms with Gasteiger partial charge in [-0.05, 0) is 23.1 Å². The molecule has 2 aromatic rings. The van der Waals surface area contributed by atoms with E-state index < -0.39 is 0 Å². The smallest absolute Gasteiger partial charge is 0.142 e. The molecule has 18 heavy (non-hydrogen) atoms. The summed E-state index contributed by atoms with van der Waals surface area (Å²) in [6.45, 7) is 4.54. The molecule has 0 saturated carbocycles. The van der Waals surface area contributed by atoms with Crippen molar-refractivity contribution in [3.8, 4) is 0 Å². The van der Waals surface area contributed by atoms with Crippen LogP contribution in [-0.4, -0.2) is 6.61 Å². The second kappa shape index (κ2) is 4.43. The van der Waals surface area contributed by atoms with Crippen molar-refractivity contribution in [3.63, 3.8) is 0 Å². The summed E-state index contributed by atoms with van der Waals surface area (Å²) in [7, 11) is 0. The standard InChI is InChI=1S/C17H16O/c1-2-6-14-9-11-16(12-10-14)17(13-18-17)15-7-4-3-5-8-15/h2-5,7-12H,1,6,13H2. The highest BCUT2D eigenvalue weighted by molar-refractivity contribution is 5.41. The number of hydrogen-bond donors (Lipinski definition) is 0. The van der Waals surface area contributed by atoms with E-state index in [0.29, 0.717) is 0 Å². The van der Waals surface area contributed by atoms with Crippen LogP contribution >= 0.6 is 0 Å². The molecule has 2 aromatic carbocycles. The summed E-state index contributed by atoms with van der Waals surface area (Å²) in [4.78, 5) is 0. The number of benzene rings is 2. The summed E-state index contributed by atoms with van der Waals surface area (Å²) in [5.41, 5.74) is 3.56. The quantitative estimate of drug-likeness (QED) is 0.582. The van der Waals surface area contributed by atoms with Gasteiger partial charge in [0.15, 0.2) is 0 Å². The summed E-state index contributed by atoms with van der Waals surface area (Å²) in [5, 5.41) is 0. The Morgan fingerprint density at radius 3 is 2.17 bits per heavy atom. The van der Waals surface area contributed by atoms with E-state index in [2.05, 4.69) is 55.1 Å². The molecule has 0 N–H and O–H groups in total. The van der Waals surface area contributed by atoms with Gasteiger partial charge in [0.25, 0.3) is 0 Å². The second-order valence-electron chi connectivity index (χ2n) is 4.67. The summed E-state index contributed by atoms with van der Waals surface area (Å²) < 4.78 is 5.75. The first-order valence-electron chi connectivity index (χ1n) is 6.25. The van der Waals surface area contributed by atoms with E-state index in [9.17, 15) is 0 Å². The molecule has 0 bridgehead atoms. The molecular formula is C17H16O. The van der Waals surface area contributed by atoms with Crippen LogP contribution in [0.1, 0.15) is 16.7 Å². The fourth-order valence-corrected chi connectivity index (χ4v) is 2.36. The summed E-state index contributed by atoms with van der Waals surface area (Å²) in [6.07, 6.45) is 2.84. The Morgan fingerprint density at radius 1 is 1.00 bits per heavy atom. The molecule has 1 unspecified atom stereocenters. The first-order valence-corrected chi connectivity index (χ1v) is 6.25. The molecule has 1 heteroatoms. The van der Waals surface area contributed by atoms with Gasteiger partial charge in [0.2, 0.25) is 0 Å². The molecule has 0 amide bonds. The van der Waals surface area contributed by atoms with E-state index in [0.717, 1.165) is 13.0 Å². The molecule has 1 aliphatic heterocycles. The van der Waals surface area contributed by atoms with E-state index in [1.165, 1.54) is 16.7 Å². The van der Waals surface area contributed by atoms with E-state index in [1.807, 2.05) is 12.1 Å². The fraction of sp³-hybridized carbons (Fsp3) is 0.176. The number of hydrogen-bond acceptors (Lipinski definition) is 1. The topological polar surface area (TPSA) is 12.5 Å². The SMILES string of the molecule is C=CCc1ccc(C2(c3ccccc3)CO2)cc1. The van der Waals surface area contributed by atoms with Crippen molar-refractivity contribution < 1.29 is 4.74 Å². The van der Waals surface area contributed by atoms with Gasteiger partial charge in [0.05, 0.1) is 6.61 Å². The first-order chi connectivity index (χ1) is 8.85. The van der Waals surface area contributed by atoms with Crippen molar-refractivity contribution in [2.45, 2.75) is 12.0 Å². The zero-order valence-electron chi connectivity index (χ0n) is 10.3. The van der Waals surface area contributed by atoms with Crippen molar-refractivity contribution in [3.05, 3.63) is 83.9 Å². The van der Waals surface area contributed by atoms with Crippen LogP contribution in [0.2, 0.25) is 0 Å². The predicted octanol–water partition coefficient (Wildman–Crippen LogP) is 3.69. The van der Waals surface area contributed by atoms with Crippen molar-refractivity contribution in [1.29, 1.82) is 0 Å². The molecule has 0 spiro atoms. The minimum Gasteiger partial charge on any atom is -0.359 e. The molecule has 1 atom stereocenters. The van der Waals surface area contributed by atoms with E-state index >= 15 is 0 Å². The highest BCUT2D eigenvalue weighted by Crippen LogP contribution is 2.44. The van der Waals surface area contributed by atoms with Crippen molar-refractivity contribution in [2.75, 3.05) is 6.61 Å². The third-order valence-corrected chi connectivity index (χ3v) is 3.47. The lowest BCUT2D eigenvalue weighted by Gasteiger charge is -2.13. The van der Waals surface area contributed by atoms with Gasteiger partial charge in [-0.25, -0.2) is 0 Å². The van der Waals surface area contributed by atoms with Crippen LogP contribution in [0, 0.1) is 0 Å². The van der Waals surface area contributed by atoms with E-state index in [-0.39, 0.29) is 5.60 Å². The number of epoxide rings is 1. The van der Waals surface area contributed by atoms with Crippen LogP contribution in [0.25, 0.3) is 0 Å². The van der Waals surface area contributed by atoms with Gasteiger partial charge in [-0.15, -0.1) is 6.58 Å². The number of allylic oxidation sites excluding steroid dienone is 1. The zero-order valence-corrected chi connectivity index (χ0v) is 10.3. The van der Waals surface area contributed by atoms with Crippen LogP contribution < -0.4 is 0 Å². The van der Waals surface area contributed by atoms with Gasteiger partial charge < -0.3 is 4.74 Å². The lowest BCUT2D eigenvalue weighted by molar-refractivity contribution is 0.349. The third-order valence-electron chi connectivity index (χ3n) is 3.47. The van der Waals surface area contributed by atoms with Crippen LogP contribution in [0.5, 0.6) is 0 Å². The van der Waals surface area contributed by atoms with Crippen molar-refractivity contribution in [1.82, 2.24) is 0 Å². The molecular weight excluding hydrogens is 220 g/mol. The van der Waals surface area contributed by atoms with Crippen LogP contribution in [0.15, 0.2) is 67.3 Å². The average Bonchev–Trinajstić information content (AvgIpc) is 3.23. The maximum Gasteiger partial charge on any atom is 0.142 e. The Labute approximate surface area is 108 Å². The number of rotatable bonds is 4. The molecule has 1 heterocycles. The van der Waals surface area contributed by atoms with Crippen LogP contribution in [0.4, 0.5) is 0 Å². The van der Waals surface area contributed by atoms with Crippen molar-refractivity contribution in [2.24, 2.45) is 0 Å². The van der Waals surface area contributed by atoms with E-state index in [4.69, 9.17) is 4.74 Å². The Bertz CT molecular complexity index is 536. The van der Waals surface area contributed by atoms with Crippen molar-refractivity contribution >= 4 is 0 Å². The normalized spacial score (nSPS) is 21.6. The highest BCUT2D eigenvalue weighted by atomic mass is 16.6. The molecule has 0 aliphatic carbocycles. The molecule has 1 fully saturated rings. The first kappa shape index (κ1) is 11.2. The van der Waals surface area contributed by atoms with Gasteiger partial charge in [-0.2, -0.15) is 0 Å². The summed E-state index contributed by atoms with van der Waals surface area (Å²) >= 11 is 0. The second-order valence-corrected chi connectivity index (χ2v) is 4.67. The fourth-order valence-electron chi connectivity index (χ4n) is 2.36. The molecule has 1 saturated heterocycles. The highest BCUT2D eigenvalue weighted by Gasteiger charge is 2.47. The average molecular weight is 236 g/mol. The molecule has 3 rings (SSSR count).